The molecule has 4 amide bonds. The molecule has 1 spiro atoms. The summed E-state index contributed by atoms with van der Waals surface area (Å²) >= 11 is 0. The number of hydrogen-bond acceptors (Lipinski definition) is 3. The van der Waals surface area contributed by atoms with Gasteiger partial charge in [0.2, 0.25) is 5.91 Å². The molecule has 140 valence electrons. The van der Waals surface area contributed by atoms with Crippen LogP contribution in [0.3, 0.4) is 0 Å². The van der Waals surface area contributed by atoms with Crippen LogP contribution in [-0.2, 0) is 9.59 Å². The van der Waals surface area contributed by atoms with E-state index in [1.807, 2.05) is 44.2 Å². The van der Waals surface area contributed by atoms with Crippen molar-refractivity contribution in [3.63, 3.8) is 0 Å². The fourth-order valence-corrected chi connectivity index (χ4v) is 3.97. The van der Waals surface area contributed by atoms with Gasteiger partial charge >= 0.3 is 6.03 Å². The molecule has 6 nitrogen and oxygen atoms in total. The Bertz CT molecular complexity index is 681. The van der Waals surface area contributed by atoms with Gasteiger partial charge in [0.25, 0.3) is 5.91 Å². The second kappa shape index (κ2) is 7.48. The van der Waals surface area contributed by atoms with Gasteiger partial charge in [0.1, 0.15) is 12.1 Å². The second-order valence-corrected chi connectivity index (χ2v) is 7.66. The van der Waals surface area contributed by atoms with Gasteiger partial charge < -0.3 is 10.6 Å². The minimum atomic E-state index is -0.785. The minimum Gasteiger partial charge on any atom is -0.347 e. The zero-order chi connectivity index (χ0) is 18.7. The summed E-state index contributed by atoms with van der Waals surface area (Å²) in [6.07, 6.45) is 4.26. The number of benzene rings is 1. The van der Waals surface area contributed by atoms with Crippen LogP contribution in [-0.4, -0.2) is 34.8 Å². The molecular weight excluding hydrogens is 330 g/mol. The van der Waals surface area contributed by atoms with E-state index in [2.05, 4.69) is 10.6 Å². The number of hydrogen-bond donors (Lipinski definition) is 2. The summed E-state index contributed by atoms with van der Waals surface area (Å²) < 4.78 is 0. The SMILES string of the molecule is CC(C)[C@H](NC(=O)CN1C(=O)NC2(CCCCC2)C1=O)c1ccccc1. The third-order valence-corrected chi connectivity index (χ3v) is 5.40. The van der Waals surface area contributed by atoms with Crippen molar-refractivity contribution in [3.05, 3.63) is 35.9 Å². The van der Waals surface area contributed by atoms with Gasteiger partial charge in [-0.3, -0.25) is 14.5 Å². The van der Waals surface area contributed by atoms with Crippen molar-refractivity contribution in [2.75, 3.05) is 6.54 Å². The van der Waals surface area contributed by atoms with Crippen LogP contribution < -0.4 is 10.6 Å². The standard InChI is InChI=1S/C20H27N3O3/c1-14(2)17(15-9-5-3-6-10-15)21-16(24)13-23-18(25)20(22-19(23)26)11-7-4-8-12-20/h3,5-6,9-10,14,17H,4,7-8,11-13H2,1-2H3,(H,21,24)(H,22,26)/t17-/m0/s1. The maximum absolute atomic E-state index is 12.8. The molecule has 0 aromatic heterocycles. The monoisotopic (exact) mass is 357 g/mol. The third kappa shape index (κ3) is 3.59. The maximum atomic E-state index is 12.8. The number of carbonyl (C=O) groups is 3. The third-order valence-electron chi connectivity index (χ3n) is 5.40. The van der Waals surface area contributed by atoms with Crippen LogP contribution in [0.1, 0.15) is 57.6 Å². The fraction of sp³-hybridized carbons (Fsp3) is 0.550. The van der Waals surface area contributed by atoms with E-state index >= 15 is 0 Å². The molecule has 0 bridgehead atoms. The molecule has 2 N–H and O–H groups in total. The van der Waals surface area contributed by atoms with Gasteiger partial charge in [0.05, 0.1) is 6.04 Å². The largest absolute Gasteiger partial charge is 0.347 e. The van der Waals surface area contributed by atoms with Gasteiger partial charge in [-0.2, -0.15) is 0 Å². The fourth-order valence-electron chi connectivity index (χ4n) is 3.97. The van der Waals surface area contributed by atoms with Gasteiger partial charge in [0.15, 0.2) is 0 Å². The summed E-state index contributed by atoms with van der Waals surface area (Å²) in [6, 6.07) is 9.12. The highest BCUT2D eigenvalue weighted by molar-refractivity contribution is 6.09. The first kappa shape index (κ1) is 18.4. The van der Waals surface area contributed by atoms with E-state index in [4.69, 9.17) is 0 Å². The highest BCUT2D eigenvalue weighted by Crippen LogP contribution is 2.33. The van der Waals surface area contributed by atoms with Crippen LogP contribution in [0.5, 0.6) is 0 Å². The zero-order valence-electron chi connectivity index (χ0n) is 15.5. The first-order chi connectivity index (χ1) is 12.4. The number of imide groups is 1. The summed E-state index contributed by atoms with van der Waals surface area (Å²) in [6.45, 7) is 3.83. The van der Waals surface area contributed by atoms with E-state index < -0.39 is 11.6 Å². The van der Waals surface area contributed by atoms with E-state index in [-0.39, 0.29) is 30.3 Å². The van der Waals surface area contributed by atoms with Gasteiger partial charge in [-0.1, -0.05) is 63.4 Å². The van der Waals surface area contributed by atoms with Crippen molar-refractivity contribution < 1.29 is 14.4 Å². The lowest BCUT2D eigenvalue weighted by Gasteiger charge is -2.30. The highest BCUT2D eigenvalue weighted by Gasteiger charge is 2.51. The predicted octanol–water partition coefficient (Wildman–Crippen LogP) is 2.75. The predicted molar refractivity (Wildman–Crippen MR) is 98.2 cm³/mol. The molecule has 1 saturated heterocycles. The molecule has 1 aromatic rings. The van der Waals surface area contributed by atoms with Crippen LogP contribution in [0.2, 0.25) is 0 Å². The lowest BCUT2D eigenvalue weighted by molar-refractivity contribution is -0.136. The van der Waals surface area contributed by atoms with Crippen LogP contribution in [0.4, 0.5) is 4.79 Å². The van der Waals surface area contributed by atoms with Crippen LogP contribution in [0.15, 0.2) is 30.3 Å². The molecule has 1 aromatic carbocycles. The number of carbonyl (C=O) groups excluding carboxylic acids is 3. The Hall–Kier alpha value is -2.37. The Morgan fingerprint density at radius 3 is 2.42 bits per heavy atom. The first-order valence-corrected chi connectivity index (χ1v) is 9.41. The number of nitrogens with zero attached hydrogens (tertiary/aromatic N) is 1. The number of rotatable bonds is 5. The highest BCUT2D eigenvalue weighted by atomic mass is 16.2. The summed E-state index contributed by atoms with van der Waals surface area (Å²) in [5.74, 6) is -0.379. The van der Waals surface area contributed by atoms with Crippen LogP contribution >= 0.6 is 0 Å². The molecule has 1 saturated carbocycles. The van der Waals surface area contributed by atoms with Gasteiger partial charge in [-0.25, -0.2) is 4.79 Å². The Labute approximate surface area is 154 Å². The van der Waals surface area contributed by atoms with Crippen molar-refractivity contribution in [1.29, 1.82) is 0 Å². The lowest BCUT2D eigenvalue weighted by atomic mass is 9.82. The molecule has 2 aliphatic rings. The van der Waals surface area contributed by atoms with E-state index in [1.165, 1.54) is 0 Å². The second-order valence-electron chi connectivity index (χ2n) is 7.66. The molecule has 0 unspecified atom stereocenters. The topological polar surface area (TPSA) is 78.5 Å². The summed E-state index contributed by atoms with van der Waals surface area (Å²) in [5.41, 5.74) is 0.226. The summed E-state index contributed by atoms with van der Waals surface area (Å²) in [7, 11) is 0. The molecule has 1 heterocycles. The lowest BCUT2D eigenvalue weighted by Crippen LogP contribution is -2.49. The van der Waals surface area contributed by atoms with Crippen LogP contribution in [0.25, 0.3) is 0 Å². The van der Waals surface area contributed by atoms with E-state index in [1.54, 1.807) is 0 Å². The smallest absolute Gasteiger partial charge is 0.325 e. The first-order valence-electron chi connectivity index (χ1n) is 9.41. The van der Waals surface area contributed by atoms with Crippen molar-refractivity contribution in [2.24, 2.45) is 5.92 Å². The molecule has 2 fully saturated rings. The quantitative estimate of drug-likeness (QED) is 0.796. The van der Waals surface area contributed by atoms with Gasteiger partial charge in [-0.15, -0.1) is 0 Å². The molecule has 6 heteroatoms. The zero-order valence-corrected chi connectivity index (χ0v) is 15.5. The van der Waals surface area contributed by atoms with E-state index in [0.717, 1.165) is 29.7 Å². The van der Waals surface area contributed by atoms with E-state index in [9.17, 15) is 14.4 Å². The Morgan fingerprint density at radius 1 is 1.15 bits per heavy atom. The number of urea groups is 1. The summed E-state index contributed by atoms with van der Waals surface area (Å²) in [5, 5.41) is 5.82. The van der Waals surface area contributed by atoms with E-state index in [0.29, 0.717) is 12.8 Å². The van der Waals surface area contributed by atoms with Crippen molar-refractivity contribution in [2.45, 2.75) is 57.5 Å². The minimum absolute atomic E-state index is 0.159. The summed E-state index contributed by atoms with van der Waals surface area (Å²) in [4.78, 5) is 38.7. The van der Waals surface area contributed by atoms with Gasteiger partial charge in [-0.05, 0) is 24.3 Å². The Balaban J connectivity index is 1.67. The van der Waals surface area contributed by atoms with Crippen molar-refractivity contribution in [3.8, 4) is 0 Å². The molecular formula is C20H27N3O3. The Kier molecular flexibility index (Phi) is 5.30. The molecule has 1 aliphatic heterocycles. The molecule has 1 aliphatic carbocycles. The maximum Gasteiger partial charge on any atom is 0.325 e. The number of amides is 4. The van der Waals surface area contributed by atoms with Crippen LogP contribution in [0, 0.1) is 5.92 Å². The normalized spacial score (nSPS) is 20.3. The number of nitrogens with one attached hydrogen (secondary N) is 2. The average molecular weight is 357 g/mol. The Morgan fingerprint density at radius 2 is 1.81 bits per heavy atom. The average Bonchev–Trinajstić information content (AvgIpc) is 2.85. The molecule has 1 atom stereocenters. The molecule has 26 heavy (non-hydrogen) atoms. The van der Waals surface area contributed by atoms with Crippen molar-refractivity contribution in [1.82, 2.24) is 15.5 Å². The molecule has 3 rings (SSSR count). The van der Waals surface area contributed by atoms with Crippen molar-refractivity contribution >= 4 is 17.8 Å². The van der Waals surface area contributed by atoms with Gasteiger partial charge in [0, 0.05) is 0 Å². The molecule has 0 radical (unpaired) electrons.